The van der Waals surface area contributed by atoms with Crippen molar-refractivity contribution in [2.75, 3.05) is 33.3 Å². The molecule has 0 radical (unpaired) electrons. The Morgan fingerprint density at radius 1 is 1.20 bits per heavy atom. The van der Waals surface area contributed by atoms with Gasteiger partial charge in [0.1, 0.15) is 5.82 Å². The topological polar surface area (TPSA) is 49.9 Å². The van der Waals surface area contributed by atoms with Gasteiger partial charge in [0.2, 0.25) is 0 Å². The van der Waals surface area contributed by atoms with Gasteiger partial charge >= 0.3 is 6.09 Å². The van der Waals surface area contributed by atoms with Crippen molar-refractivity contribution in [2.45, 2.75) is 0 Å². The fourth-order valence-electron chi connectivity index (χ4n) is 2.06. The van der Waals surface area contributed by atoms with Gasteiger partial charge in [-0.25, -0.2) is 9.18 Å². The molecule has 0 N–H and O–H groups in total. The Kier molecular flexibility index (Phi) is 4.59. The van der Waals surface area contributed by atoms with E-state index < -0.39 is 11.9 Å². The summed E-state index contributed by atoms with van der Waals surface area (Å²) in [6.07, 6.45) is -0.399. The lowest BCUT2D eigenvalue weighted by Gasteiger charge is -2.34. The second-order valence-electron chi connectivity index (χ2n) is 4.35. The lowest BCUT2D eigenvalue weighted by atomic mass is 10.2. The molecule has 0 atom stereocenters. The van der Waals surface area contributed by atoms with Crippen LogP contribution < -0.4 is 0 Å². The summed E-state index contributed by atoms with van der Waals surface area (Å²) in [6.45, 7) is 1.62. The Labute approximate surface area is 124 Å². The van der Waals surface area contributed by atoms with E-state index in [0.29, 0.717) is 26.2 Å². The van der Waals surface area contributed by atoms with Gasteiger partial charge in [0.05, 0.1) is 17.1 Å². The number of hydrogen-bond acceptors (Lipinski definition) is 3. The predicted molar refractivity (Wildman–Crippen MR) is 74.0 cm³/mol. The molecule has 0 aliphatic carbocycles. The largest absolute Gasteiger partial charge is 0.453 e. The van der Waals surface area contributed by atoms with Crippen LogP contribution >= 0.6 is 15.9 Å². The minimum atomic E-state index is -0.468. The highest BCUT2D eigenvalue weighted by Crippen LogP contribution is 2.22. The summed E-state index contributed by atoms with van der Waals surface area (Å²) in [5.41, 5.74) is 0.288. The van der Waals surface area contributed by atoms with Crippen molar-refractivity contribution in [1.29, 1.82) is 0 Å². The first kappa shape index (κ1) is 14.8. The number of rotatable bonds is 1. The molecule has 108 valence electrons. The molecule has 0 saturated carbocycles. The van der Waals surface area contributed by atoms with E-state index in [-0.39, 0.29) is 15.9 Å². The van der Waals surface area contributed by atoms with Crippen LogP contribution in [0.5, 0.6) is 0 Å². The van der Waals surface area contributed by atoms with Crippen LogP contribution in [0.1, 0.15) is 10.4 Å². The van der Waals surface area contributed by atoms with E-state index in [4.69, 9.17) is 0 Å². The van der Waals surface area contributed by atoms with Gasteiger partial charge in [-0.15, -0.1) is 0 Å². The highest BCUT2D eigenvalue weighted by molar-refractivity contribution is 9.10. The zero-order chi connectivity index (χ0) is 14.7. The van der Waals surface area contributed by atoms with Crippen molar-refractivity contribution in [3.05, 3.63) is 34.1 Å². The summed E-state index contributed by atoms with van der Waals surface area (Å²) < 4.78 is 18.2. The number of nitrogens with zero attached hydrogens (tertiary/aromatic N) is 2. The zero-order valence-electron chi connectivity index (χ0n) is 10.9. The average Bonchev–Trinajstić information content (AvgIpc) is 2.48. The van der Waals surface area contributed by atoms with Gasteiger partial charge in [-0.05, 0) is 28.1 Å². The second kappa shape index (κ2) is 6.21. The third-order valence-corrected chi connectivity index (χ3v) is 3.99. The monoisotopic (exact) mass is 344 g/mol. The summed E-state index contributed by atoms with van der Waals surface area (Å²) in [5, 5.41) is 0. The maximum absolute atomic E-state index is 13.4. The van der Waals surface area contributed by atoms with Crippen molar-refractivity contribution in [3.8, 4) is 0 Å². The molecule has 1 fully saturated rings. The van der Waals surface area contributed by atoms with E-state index in [2.05, 4.69) is 20.7 Å². The van der Waals surface area contributed by atoms with Crippen LogP contribution in [-0.2, 0) is 4.74 Å². The van der Waals surface area contributed by atoms with Crippen molar-refractivity contribution in [3.63, 3.8) is 0 Å². The smallest absolute Gasteiger partial charge is 0.409 e. The predicted octanol–water partition coefficient (Wildman–Crippen LogP) is 2.11. The molecule has 20 heavy (non-hydrogen) atoms. The Bertz CT molecular complexity index is 530. The molecule has 1 aliphatic heterocycles. The first-order chi connectivity index (χ1) is 9.54. The number of ether oxygens (including phenoxy) is 1. The quantitative estimate of drug-likeness (QED) is 0.783. The number of benzene rings is 1. The molecule has 1 aliphatic rings. The fraction of sp³-hybridized carbons (Fsp3) is 0.385. The van der Waals surface area contributed by atoms with Crippen LogP contribution in [0.25, 0.3) is 0 Å². The molecular formula is C13H14BrFN2O3. The summed E-state index contributed by atoms with van der Waals surface area (Å²) in [4.78, 5) is 26.8. The molecule has 7 heteroatoms. The SMILES string of the molecule is COC(=O)N1CCN(C(=O)c2cccc(F)c2Br)CC1. The van der Waals surface area contributed by atoms with E-state index in [1.165, 1.54) is 24.1 Å². The van der Waals surface area contributed by atoms with Crippen molar-refractivity contribution in [2.24, 2.45) is 0 Å². The highest BCUT2D eigenvalue weighted by atomic mass is 79.9. The molecule has 1 aromatic rings. The van der Waals surface area contributed by atoms with Gasteiger partial charge in [-0.3, -0.25) is 4.79 Å². The van der Waals surface area contributed by atoms with Gasteiger partial charge in [-0.1, -0.05) is 6.07 Å². The third-order valence-electron chi connectivity index (χ3n) is 3.18. The molecule has 1 aromatic carbocycles. The van der Waals surface area contributed by atoms with Crippen molar-refractivity contribution < 1.29 is 18.7 Å². The zero-order valence-corrected chi connectivity index (χ0v) is 12.5. The normalized spacial score (nSPS) is 15.2. The average molecular weight is 345 g/mol. The molecule has 0 aromatic heterocycles. The number of halogens is 2. The Hall–Kier alpha value is -1.63. The third kappa shape index (κ3) is 2.92. The number of hydrogen-bond donors (Lipinski definition) is 0. The van der Waals surface area contributed by atoms with Crippen LogP contribution in [0.15, 0.2) is 22.7 Å². The molecule has 2 amide bonds. The number of methoxy groups -OCH3 is 1. The molecule has 5 nitrogen and oxygen atoms in total. The maximum Gasteiger partial charge on any atom is 0.409 e. The number of amides is 2. The standard InChI is InChI=1S/C13H14BrFN2O3/c1-20-13(19)17-7-5-16(6-8-17)12(18)9-3-2-4-10(15)11(9)14/h2-4H,5-8H2,1H3. The van der Waals surface area contributed by atoms with Crippen LogP contribution in [0, 0.1) is 5.82 Å². The minimum absolute atomic E-state index is 0.167. The molecule has 0 spiro atoms. The molecular weight excluding hydrogens is 331 g/mol. The van der Waals surface area contributed by atoms with E-state index >= 15 is 0 Å². The van der Waals surface area contributed by atoms with E-state index in [1.807, 2.05) is 0 Å². The molecule has 1 heterocycles. The maximum atomic E-state index is 13.4. The van der Waals surface area contributed by atoms with Crippen molar-refractivity contribution >= 4 is 27.9 Å². The molecule has 1 saturated heterocycles. The lowest BCUT2D eigenvalue weighted by Crippen LogP contribution is -2.50. The number of carbonyl (C=O) groups excluding carboxylic acids is 2. The first-order valence-electron chi connectivity index (χ1n) is 6.10. The summed E-state index contributed by atoms with van der Waals surface area (Å²) >= 11 is 3.09. The number of piperazine rings is 1. The molecule has 0 bridgehead atoms. The number of carbonyl (C=O) groups is 2. The van der Waals surface area contributed by atoms with Gasteiger partial charge in [0, 0.05) is 26.2 Å². The van der Waals surface area contributed by atoms with Crippen LogP contribution in [0.4, 0.5) is 9.18 Å². The second-order valence-corrected chi connectivity index (χ2v) is 5.14. The van der Waals surface area contributed by atoms with Crippen LogP contribution in [0.3, 0.4) is 0 Å². The van der Waals surface area contributed by atoms with Gasteiger partial charge in [0.25, 0.3) is 5.91 Å². The van der Waals surface area contributed by atoms with E-state index in [9.17, 15) is 14.0 Å². The lowest BCUT2D eigenvalue weighted by molar-refractivity contribution is 0.0598. The molecule has 0 unspecified atom stereocenters. The van der Waals surface area contributed by atoms with E-state index in [1.54, 1.807) is 11.0 Å². The van der Waals surface area contributed by atoms with Crippen LogP contribution in [-0.4, -0.2) is 55.1 Å². The Morgan fingerprint density at radius 2 is 1.80 bits per heavy atom. The Morgan fingerprint density at radius 3 is 2.40 bits per heavy atom. The van der Waals surface area contributed by atoms with Gasteiger partial charge in [0.15, 0.2) is 0 Å². The first-order valence-corrected chi connectivity index (χ1v) is 6.90. The molecule has 2 rings (SSSR count). The van der Waals surface area contributed by atoms with Crippen LogP contribution in [0.2, 0.25) is 0 Å². The minimum Gasteiger partial charge on any atom is -0.453 e. The van der Waals surface area contributed by atoms with Gasteiger partial charge in [-0.2, -0.15) is 0 Å². The highest BCUT2D eigenvalue weighted by Gasteiger charge is 2.26. The summed E-state index contributed by atoms with van der Waals surface area (Å²) in [7, 11) is 1.32. The summed E-state index contributed by atoms with van der Waals surface area (Å²) in [5.74, 6) is -0.718. The fourth-order valence-corrected chi connectivity index (χ4v) is 2.49. The van der Waals surface area contributed by atoms with E-state index in [0.717, 1.165) is 0 Å². The van der Waals surface area contributed by atoms with Crippen molar-refractivity contribution in [1.82, 2.24) is 9.80 Å². The Balaban J connectivity index is 2.05. The van der Waals surface area contributed by atoms with Gasteiger partial charge < -0.3 is 14.5 Å². The summed E-state index contributed by atoms with van der Waals surface area (Å²) in [6, 6.07) is 4.36.